The maximum atomic E-state index is 11.4. The standard InChI is InChI=1S/C8H16O2S.C8H18O2S.C7H16O2S.2C6H14O2S/c1-8(2,3)6-11(9,10)7-4-5-7;1-7(2)11(9,10)6-8(3,4)5;1-5-10(8,9)6-7(2,3)4;2*1-6(2,3)5-9(4,7)8/h7H,4-6H2,1-3H3;7H,6H2,1-5H3;5-6H2,1-4H3;2*5H2,1-4H3. The number of rotatable bonds is 8. The van der Waals surface area contributed by atoms with Gasteiger partial charge in [-0.05, 0) is 53.8 Å². The Morgan fingerprint density at radius 1 is 0.460 bits per heavy atom. The van der Waals surface area contributed by atoms with Crippen LogP contribution in [-0.4, -0.2) is 99.6 Å². The minimum atomic E-state index is -2.86. The van der Waals surface area contributed by atoms with E-state index in [9.17, 15) is 42.1 Å². The summed E-state index contributed by atoms with van der Waals surface area (Å²) in [5.74, 6) is 1.68. The van der Waals surface area contributed by atoms with Crippen LogP contribution < -0.4 is 0 Å². The topological polar surface area (TPSA) is 171 Å². The van der Waals surface area contributed by atoms with E-state index in [1.807, 2.05) is 104 Å². The summed E-state index contributed by atoms with van der Waals surface area (Å²) in [7, 11) is -13.9. The molecule has 0 heterocycles. The van der Waals surface area contributed by atoms with Crippen molar-refractivity contribution in [3.8, 4) is 0 Å². The molecule has 1 fully saturated rings. The van der Waals surface area contributed by atoms with E-state index >= 15 is 0 Å². The first-order valence-corrected chi connectivity index (χ1v) is 26.5. The number of hydrogen-bond donors (Lipinski definition) is 0. The second-order valence-corrected chi connectivity index (χ2v) is 31.5. The summed E-state index contributed by atoms with van der Waals surface area (Å²) in [6.07, 6.45) is 4.30. The highest BCUT2D eigenvalue weighted by Crippen LogP contribution is 2.32. The van der Waals surface area contributed by atoms with Crippen LogP contribution in [0.1, 0.15) is 137 Å². The van der Waals surface area contributed by atoms with E-state index in [-0.39, 0.29) is 66.3 Å². The highest BCUT2D eigenvalue weighted by Gasteiger charge is 2.37. The normalized spacial score (nSPS) is 15.2. The predicted molar refractivity (Wildman–Crippen MR) is 217 cm³/mol. The van der Waals surface area contributed by atoms with Gasteiger partial charge in [-0.1, -0.05) is 111 Å². The molecule has 0 aliphatic heterocycles. The lowest BCUT2D eigenvalue weighted by Gasteiger charge is -2.19. The largest absolute Gasteiger partial charge is 0.229 e. The van der Waals surface area contributed by atoms with Gasteiger partial charge in [0.1, 0.15) is 19.7 Å². The van der Waals surface area contributed by atoms with Gasteiger partial charge in [0, 0.05) is 18.3 Å². The molecule has 0 aromatic carbocycles. The van der Waals surface area contributed by atoms with Crippen molar-refractivity contribution in [1.29, 1.82) is 0 Å². The molecule has 0 unspecified atom stereocenters. The Bertz CT molecular complexity index is 1430. The Balaban J connectivity index is -0.000000265. The zero-order chi connectivity index (χ0) is 41.8. The quantitative estimate of drug-likeness (QED) is 0.246. The van der Waals surface area contributed by atoms with E-state index in [1.54, 1.807) is 20.8 Å². The Labute approximate surface area is 311 Å². The van der Waals surface area contributed by atoms with E-state index < -0.39 is 49.2 Å². The second-order valence-electron chi connectivity index (χ2n) is 20.0. The van der Waals surface area contributed by atoms with Crippen molar-refractivity contribution in [2.24, 2.45) is 27.1 Å². The van der Waals surface area contributed by atoms with Crippen molar-refractivity contribution < 1.29 is 42.1 Å². The Morgan fingerprint density at radius 2 is 0.720 bits per heavy atom. The molecule has 0 N–H and O–H groups in total. The highest BCUT2D eigenvalue weighted by molar-refractivity contribution is 7.92. The molecule has 0 radical (unpaired) electrons. The number of hydrogen-bond acceptors (Lipinski definition) is 10. The molecule has 50 heavy (non-hydrogen) atoms. The summed E-state index contributed by atoms with van der Waals surface area (Å²) in [5.41, 5.74) is -0.513. The number of sulfone groups is 5. The van der Waals surface area contributed by atoms with Crippen LogP contribution in [0.2, 0.25) is 0 Å². The van der Waals surface area contributed by atoms with Crippen molar-refractivity contribution >= 4 is 49.2 Å². The zero-order valence-electron chi connectivity index (χ0n) is 35.4. The minimum Gasteiger partial charge on any atom is -0.229 e. The van der Waals surface area contributed by atoms with Gasteiger partial charge in [0.05, 0.1) is 39.3 Å². The molecule has 1 saturated carbocycles. The molecular formula is C35H78O10S5. The van der Waals surface area contributed by atoms with Gasteiger partial charge in [0.15, 0.2) is 29.5 Å². The Kier molecular flexibility index (Phi) is 23.1. The van der Waals surface area contributed by atoms with Gasteiger partial charge in [-0.2, -0.15) is 0 Å². The Hall–Kier alpha value is -0.250. The van der Waals surface area contributed by atoms with Crippen molar-refractivity contribution in [2.75, 3.05) is 47.0 Å². The first kappa shape index (κ1) is 56.5. The molecule has 0 saturated heterocycles. The lowest BCUT2D eigenvalue weighted by Crippen LogP contribution is -2.26. The van der Waals surface area contributed by atoms with E-state index in [2.05, 4.69) is 0 Å². The lowest BCUT2D eigenvalue weighted by atomic mass is 10.0. The first-order chi connectivity index (χ1) is 21.1. The van der Waals surface area contributed by atoms with Crippen molar-refractivity contribution in [3.63, 3.8) is 0 Å². The van der Waals surface area contributed by atoms with Gasteiger partial charge in [-0.25, -0.2) is 42.1 Å². The fraction of sp³-hybridized carbons (Fsp3) is 1.00. The molecule has 1 aliphatic rings. The predicted octanol–water partition coefficient (Wildman–Crippen LogP) is 7.09. The van der Waals surface area contributed by atoms with Crippen molar-refractivity contribution in [2.45, 2.75) is 148 Å². The maximum Gasteiger partial charge on any atom is 0.153 e. The third-order valence-corrected chi connectivity index (χ3v) is 15.9. The van der Waals surface area contributed by atoms with Crippen LogP contribution in [0.15, 0.2) is 0 Å². The molecule has 0 aromatic rings. The molecule has 0 bridgehead atoms. The summed E-state index contributed by atoms with van der Waals surface area (Å²) in [6.45, 7) is 34.1. The molecule has 1 rings (SSSR count). The molecule has 0 atom stereocenters. The van der Waals surface area contributed by atoms with Crippen LogP contribution in [0.5, 0.6) is 0 Å². The first-order valence-electron chi connectivity index (χ1n) is 17.1. The average molecular weight is 819 g/mol. The average Bonchev–Trinajstić information content (AvgIpc) is 3.50. The minimum absolute atomic E-state index is 0.00160. The summed E-state index contributed by atoms with van der Waals surface area (Å²) >= 11 is 0. The van der Waals surface area contributed by atoms with E-state index in [0.717, 1.165) is 12.8 Å². The fourth-order valence-corrected chi connectivity index (χ4v) is 12.8. The molecule has 0 aromatic heterocycles. The van der Waals surface area contributed by atoms with Crippen LogP contribution >= 0.6 is 0 Å². The molecule has 1 aliphatic carbocycles. The van der Waals surface area contributed by atoms with Gasteiger partial charge in [0.25, 0.3) is 0 Å². The monoisotopic (exact) mass is 818 g/mol. The summed E-state index contributed by atoms with van der Waals surface area (Å²) in [5, 5.41) is -0.247. The van der Waals surface area contributed by atoms with Crippen molar-refractivity contribution in [1.82, 2.24) is 0 Å². The van der Waals surface area contributed by atoms with Crippen LogP contribution in [0.4, 0.5) is 0 Å². The summed E-state index contributed by atoms with van der Waals surface area (Å²) in [4.78, 5) is 0. The van der Waals surface area contributed by atoms with Gasteiger partial charge in [0.2, 0.25) is 0 Å². The highest BCUT2D eigenvalue weighted by atomic mass is 32.2. The fourth-order valence-electron chi connectivity index (χ4n) is 4.25. The van der Waals surface area contributed by atoms with Gasteiger partial charge < -0.3 is 0 Å². The van der Waals surface area contributed by atoms with Crippen LogP contribution in [-0.2, 0) is 49.2 Å². The SMILES string of the molecule is CC(C)(C)CS(=O)(=O)C1CC1.CC(C)(C)CS(C)(=O)=O.CC(C)(C)CS(C)(=O)=O.CC(C)S(=O)(=O)CC(C)(C)C.CCS(=O)(=O)CC(C)(C)C. The van der Waals surface area contributed by atoms with Gasteiger partial charge in [-0.3, -0.25) is 0 Å². The van der Waals surface area contributed by atoms with Gasteiger partial charge in [-0.15, -0.1) is 0 Å². The Morgan fingerprint density at radius 3 is 0.820 bits per heavy atom. The van der Waals surface area contributed by atoms with E-state index in [4.69, 9.17) is 0 Å². The molecule has 10 nitrogen and oxygen atoms in total. The maximum absolute atomic E-state index is 11.4. The van der Waals surface area contributed by atoms with E-state index in [0.29, 0.717) is 5.75 Å². The van der Waals surface area contributed by atoms with Crippen LogP contribution in [0, 0.1) is 27.1 Å². The van der Waals surface area contributed by atoms with Crippen LogP contribution in [0.25, 0.3) is 0 Å². The molecule has 15 heteroatoms. The summed E-state index contributed by atoms with van der Waals surface area (Å²) < 4.78 is 110. The molecule has 308 valence electrons. The summed E-state index contributed by atoms with van der Waals surface area (Å²) in [6, 6.07) is 0. The molecular weight excluding hydrogens is 741 g/mol. The van der Waals surface area contributed by atoms with Gasteiger partial charge >= 0.3 is 0 Å². The van der Waals surface area contributed by atoms with E-state index in [1.165, 1.54) is 12.5 Å². The third-order valence-electron chi connectivity index (χ3n) is 5.50. The molecule has 0 amide bonds. The third kappa shape index (κ3) is 45.8. The molecule has 0 spiro atoms. The zero-order valence-corrected chi connectivity index (χ0v) is 39.5. The smallest absolute Gasteiger partial charge is 0.153 e. The second kappa shape index (κ2) is 20.4. The van der Waals surface area contributed by atoms with Crippen LogP contribution in [0.3, 0.4) is 0 Å². The van der Waals surface area contributed by atoms with Crippen molar-refractivity contribution in [3.05, 3.63) is 0 Å². The lowest BCUT2D eigenvalue weighted by molar-refractivity contribution is 0.459.